The van der Waals surface area contributed by atoms with Gasteiger partial charge in [-0.15, -0.1) is 5.10 Å². The van der Waals surface area contributed by atoms with Crippen molar-refractivity contribution in [3.8, 4) is 5.69 Å². The number of hydrogen-bond acceptors (Lipinski definition) is 4. The number of benzene rings is 2. The summed E-state index contributed by atoms with van der Waals surface area (Å²) in [6, 6.07) is 14.2. The fourth-order valence-corrected chi connectivity index (χ4v) is 2.86. The number of aromatic nitrogens is 3. The third kappa shape index (κ3) is 4.04. The number of aryl methyl sites for hydroxylation is 1. The highest BCUT2D eigenvalue weighted by molar-refractivity contribution is 6.30. The summed E-state index contributed by atoms with van der Waals surface area (Å²) in [5.74, 6) is 0.0282. The van der Waals surface area contributed by atoms with Crippen LogP contribution in [0.25, 0.3) is 5.69 Å². The van der Waals surface area contributed by atoms with E-state index in [9.17, 15) is 9.59 Å². The molecule has 0 spiro atoms. The summed E-state index contributed by atoms with van der Waals surface area (Å²) >= 11 is 5.91. The lowest BCUT2D eigenvalue weighted by Crippen LogP contribution is -2.25. The molecule has 2 N–H and O–H groups in total. The molecule has 0 aliphatic heterocycles. The fraction of sp³-hybridized carbons (Fsp3) is 0.200. The predicted molar refractivity (Wildman–Crippen MR) is 106 cm³/mol. The van der Waals surface area contributed by atoms with Crippen molar-refractivity contribution < 1.29 is 9.59 Å². The SMILES string of the molecule is Cc1nc(C(=O)Nc2cccc(C(=O)NC3CC3)c2)nn1-c1ccc(Cl)cc1. The van der Waals surface area contributed by atoms with Gasteiger partial charge in [-0.05, 0) is 62.2 Å². The first-order valence-corrected chi connectivity index (χ1v) is 9.29. The number of carbonyl (C=O) groups is 2. The Labute approximate surface area is 166 Å². The lowest BCUT2D eigenvalue weighted by molar-refractivity contribution is 0.0949. The van der Waals surface area contributed by atoms with Crippen LogP contribution in [0.15, 0.2) is 48.5 Å². The molecule has 3 aromatic rings. The molecule has 1 fully saturated rings. The number of carbonyl (C=O) groups excluding carboxylic acids is 2. The number of nitrogens with one attached hydrogen (secondary N) is 2. The molecule has 0 unspecified atom stereocenters. The van der Waals surface area contributed by atoms with Crippen LogP contribution in [-0.2, 0) is 0 Å². The maximum absolute atomic E-state index is 12.6. The number of anilines is 1. The van der Waals surface area contributed by atoms with Crippen molar-refractivity contribution in [2.45, 2.75) is 25.8 Å². The lowest BCUT2D eigenvalue weighted by Gasteiger charge is -2.06. The van der Waals surface area contributed by atoms with E-state index < -0.39 is 5.91 Å². The van der Waals surface area contributed by atoms with Crippen molar-refractivity contribution in [1.29, 1.82) is 0 Å². The molecule has 2 amide bonds. The van der Waals surface area contributed by atoms with E-state index in [0.717, 1.165) is 18.5 Å². The summed E-state index contributed by atoms with van der Waals surface area (Å²) in [7, 11) is 0. The molecule has 4 rings (SSSR count). The van der Waals surface area contributed by atoms with Crippen LogP contribution in [0.4, 0.5) is 5.69 Å². The third-order valence-corrected chi connectivity index (χ3v) is 4.59. The lowest BCUT2D eigenvalue weighted by atomic mass is 10.2. The van der Waals surface area contributed by atoms with E-state index in [1.165, 1.54) is 0 Å². The molecule has 0 saturated heterocycles. The highest BCUT2D eigenvalue weighted by atomic mass is 35.5. The van der Waals surface area contributed by atoms with Gasteiger partial charge in [-0.2, -0.15) is 0 Å². The fourth-order valence-electron chi connectivity index (χ4n) is 2.73. The molecule has 142 valence electrons. The highest BCUT2D eigenvalue weighted by Gasteiger charge is 2.24. The second-order valence-electron chi connectivity index (χ2n) is 6.65. The summed E-state index contributed by atoms with van der Waals surface area (Å²) in [6.45, 7) is 1.77. The van der Waals surface area contributed by atoms with E-state index in [4.69, 9.17) is 11.6 Å². The Hall–Kier alpha value is -3.19. The van der Waals surface area contributed by atoms with Gasteiger partial charge in [0.1, 0.15) is 5.82 Å². The quantitative estimate of drug-likeness (QED) is 0.693. The Morgan fingerprint density at radius 3 is 2.57 bits per heavy atom. The van der Waals surface area contributed by atoms with Crippen LogP contribution in [0.2, 0.25) is 5.02 Å². The third-order valence-electron chi connectivity index (χ3n) is 4.34. The first kappa shape index (κ1) is 18.2. The summed E-state index contributed by atoms with van der Waals surface area (Å²) in [5.41, 5.74) is 1.77. The van der Waals surface area contributed by atoms with Crippen molar-refractivity contribution in [3.05, 3.63) is 70.8 Å². The Morgan fingerprint density at radius 2 is 1.86 bits per heavy atom. The molecule has 1 aliphatic rings. The van der Waals surface area contributed by atoms with Crippen molar-refractivity contribution in [3.63, 3.8) is 0 Å². The monoisotopic (exact) mass is 395 g/mol. The summed E-state index contributed by atoms with van der Waals surface area (Å²) in [6.07, 6.45) is 2.03. The average Bonchev–Trinajstić information content (AvgIpc) is 3.41. The van der Waals surface area contributed by atoms with Gasteiger partial charge in [0, 0.05) is 22.3 Å². The van der Waals surface area contributed by atoms with Gasteiger partial charge in [0.25, 0.3) is 11.8 Å². The van der Waals surface area contributed by atoms with Gasteiger partial charge in [0.15, 0.2) is 0 Å². The summed E-state index contributed by atoms with van der Waals surface area (Å²) in [4.78, 5) is 29.0. The van der Waals surface area contributed by atoms with Crippen molar-refractivity contribution in [2.24, 2.45) is 0 Å². The number of rotatable bonds is 5. The largest absolute Gasteiger partial charge is 0.349 e. The van der Waals surface area contributed by atoms with Crippen LogP contribution in [-0.4, -0.2) is 32.6 Å². The van der Waals surface area contributed by atoms with E-state index in [0.29, 0.717) is 22.1 Å². The Kier molecular flexibility index (Phi) is 4.83. The average molecular weight is 396 g/mol. The van der Waals surface area contributed by atoms with E-state index in [2.05, 4.69) is 20.7 Å². The van der Waals surface area contributed by atoms with E-state index in [1.54, 1.807) is 60.1 Å². The standard InChI is InChI=1S/C20H18ClN5O2/c1-12-22-18(25-26(12)17-9-5-14(21)6-10-17)20(28)24-16-4-2-3-13(11-16)19(27)23-15-7-8-15/h2-6,9-11,15H,7-8H2,1H3,(H,23,27)(H,24,28). The van der Waals surface area contributed by atoms with Gasteiger partial charge in [0.05, 0.1) is 5.69 Å². The molecule has 28 heavy (non-hydrogen) atoms. The van der Waals surface area contributed by atoms with E-state index >= 15 is 0 Å². The van der Waals surface area contributed by atoms with Gasteiger partial charge < -0.3 is 10.6 Å². The minimum Gasteiger partial charge on any atom is -0.349 e. The Bertz CT molecular complexity index is 1040. The number of nitrogens with zero attached hydrogens (tertiary/aromatic N) is 3. The smallest absolute Gasteiger partial charge is 0.295 e. The second-order valence-corrected chi connectivity index (χ2v) is 7.09. The molecule has 1 saturated carbocycles. The Morgan fingerprint density at radius 1 is 1.11 bits per heavy atom. The van der Waals surface area contributed by atoms with E-state index in [1.807, 2.05) is 0 Å². The zero-order chi connectivity index (χ0) is 19.7. The van der Waals surface area contributed by atoms with Crippen molar-refractivity contribution in [2.75, 3.05) is 5.32 Å². The molecule has 1 aromatic heterocycles. The van der Waals surface area contributed by atoms with Gasteiger partial charge in [-0.25, -0.2) is 9.67 Å². The predicted octanol–water partition coefficient (Wildman–Crippen LogP) is 3.37. The Balaban J connectivity index is 1.50. The first-order valence-electron chi connectivity index (χ1n) is 8.91. The maximum Gasteiger partial charge on any atom is 0.295 e. The zero-order valence-electron chi connectivity index (χ0n) is 15.1. The number of hydrogen-bond donors (Lipinski definition) is 2. The molecule has 7 nitrogen and oxygen atoms in total. The number of halogens is 1. The topological polar surface area (TPSA) is 88.9 Å². The molecule has 1 aliphatic carbocycles. The highest BCUT2D eigenvalue weighted by Crippen LogP contribution is 2.20. The second kappa shape index (κ2) is 7.44. The van der Waals surface area contributed by atoms with Crippen LogP contribution in [0.5, 0.6) is 0 Å². The molecule has 0 bridgehead atoms. The number of amides is 2. The summed E-state index contributed by atoms with van der Waals surface area (Å²) in [5, 5.41) is 10.6. The molecule has 0 radical (unpaired) electrons. The van der Waals surface area contributed by atoms with Crippen molar-refractivity contribution >= 4 is 29.1 Å². The minimum atomic E-state index is -0.449. The molecule has 2 aromatic carbocycles. The normalized spacial score (nSPS) is 13.2. The van der Waals surface area contributed by atoms with Crippen LogP contribution in [0.3, 0.4) is 0 Å². The van der Waals surface area contributed by atoms with Gasteiger partial charge in [0.2, 0.25) is 5.82 Å². The van der Waals surface area contributed by atoms with Gasteiger partial charge >= 0.3 is 0 Å². The van der Waals surface area contributed by atoms with Gasteiger partial charge in [-0.1, -0.05) is 17.7 Å². The van der Waals surface area contributed by atoms with Crippen molar-refractivity contribution in [1.82, 2.24) is 20.1 Å². The minimum absolute atomic E-state index is 0.0419. The first-order chi connectivity index (χ1) is 13.5. The van der Waals surface area contributed by atoms with Crippen LogP contribution in [0.1, 0.15) is 39.6 Å². The van der Waals surface area contributed by atoms with Gasteiger partial charge in [-0.3, -0.25) is 9.59 Å². The maximum atomic E-state index is 12.6. The van der Waals surface area contributed by atoms with Crippen LogP contribution >= 0.6 is 11.6 Å². The molecule has 0 atom stereocenters. The molecule has 8 heteroatoms. The molecular weight excluding hydrogens is 378 g/mol. The summed E-state index contributed by atoms with van der Waals surface area (Å²) < 4.78 is 1.57. The van der Waals surface area contributed by atoms with Crippen LogP contribution in [0, 0.1) is 6.92 Å². The van der Waals surface area contributed by atoms with E-state index in [-0.39, 0.29) is 17.8 Å². The van der Waals surface area contributed by atoms with Crippen LogP contribution < -0.4 is 10.6 Å². The zero-order valence-corrected chi connectivity index (χ0v) is 15.9. The molecule has 1 heterocycles. The molecular formula is C20H18ClN5O2.